The summed E-state index contributed by atoms with van der Waals surface area (Å²) in [4.78, 5) is 31.6. The van der Waals surface area contributed by atoms with Crippen LogP contribution in [0.15, 0.2) is 12.4 Å². The number of carbonyl (C=O) groups is 1. The zero-order chi connectivity index (χ0) is 24.7. The molecule has 2 aromatic heterocycles. The highest BCUT2D eigenvalue weighted by molar-refractivity contribution is 5.77. The fourth-order valence-corrected chi connectivity index (χ4v) is 6.29. The number of halogens is 3. The number of aromatic amines is 1. The van der Waals surface area contributed by atoms with Gasteiger partial charge < -0.3 is 14.7 Å². The fourth-order valence-electron chi connectivity index (χ4n) is 6.29. The monoisotopic (exact) mass is 502 g/mol. The van der Waals surface area contributed by atoms with Gasteiger partial charge in [0.25, 0.3) is 0 Å². The van der Waals surface area contributed by atoms with Crippen molar-refractivity contribution in [1.29, 1.82) is 0 Å². The fraction of sp³-hybridized carbons (Fsp3) is 0.708. The summed E-state index contributed by atoms with van der Waals surface area (Å²) in [6, 6.07) is 0.0852. The zero-order valence-electron chi connectivity index (χ0n) is 19.9. The lowest BCUT2D eigenvalue weighted by atomic mass is 9.57. The molecular formula is C24H29F3N8O. The van der Waals surface area contributed by atoms with Gasteiger partial charge in [0, 0.05) is 74.8 Å². The molecule has 2 saturated carbocycles. The highest BCUT2D eigenvalue weighted by Crippen LogP contribution is 2.56. The van der Waals surface area contributed by atoms with Gasteiger partial charge >= 0.3 is 12.2 Å². The van der Waals surface area contributed by atoms with E-state index < -0.39 is 12.1 Å². The van der Waals surface area contributed by atoms with Gasteiger partial charge in [0.1, 0.15) is 5.82 Å². The Balaban J connectivity index is 0.866. The summed E-state index contributed by atoms with van der Waals surface area (Å²) in [5.41, 5.74) is 1.16. The average Bonchev–Trinajstić information content (AvgIpc) is 3.27. The summed E-state index contributed by atoms with van der Waals surface area (Å²) in [6.45, 7) is 3.06. The number of aromatic nitrogens is 5. The Hall–Kier alpha value is -2.92. The molecule has 5 fully saturated rings. The van der Waals surface area contributed by atoms with Crippen molar-refractivity contribution in [2.24, 2.45) is 11.3 Å². The molecule has 2 aliphatic carbocycles. The first-order chi connectivity index (χ1) is 17.3. The summed E-state index contributed by atoms with van der Waals surface area (Å²) >= 11 is 0. The van der Waals surface area contributed by atoms with Gasteiger partial charge in [-0.2, -0.15) is 18.3 Å². The first-order valence-corrected chi connectivity index (χ1v) is 12.9. The van der Waals surface area contributed by atoms with Crippen molar-refractivity contribution in [1.82, 2.24) is 34.9 Å². The predicted octanol–water partition coefficient (Wildman–Crippen LogP) is 3.26. The second-order valence-corrected chi connectivity index (χ2v) is 11.5. The topological polar surface area (TPSA) is 94.1 Å². The van der Waals surface area contributed by atoms with Crippen molar-refractivity contribution in [2.45, 2.75) is 56.0 Å². The van der Waals surface area contributed by atoms with Crippen LogP contribution in [0.5, 0.6) is 0 Å². The molecule has 1 N–H and O–H groups in total. The highest BCUT2D eigenvalue weighted by atomic mass is 19.4. The Morgan fingerprint density at radius 2 is 1.69 bits per heavy atom. The maximum atomic E-state index is 12.9. The third-order valence-corrected chi connectivity index (χ3v) is 8.75. The molecule has 1 spiro atoms. The van der Waals surface area contributed by atoms with Crippen molar-refractivity contribution < 1.29 is 18.0 Å². The minimum Gasteiger partial charge on any atom is -0.340 e. The van der Waals surface area contributed by atoms with E-state index in [-0.39, 0.29) is 30.3 Å². The predicted molar refractivity (Wildman–Crippen MR) is 122 cm³/mol. The summed E-state index contributed by atoms with van der Waals surface area (Å²) in [5.74, 6) is 2.15. The molecule has 5 heterocycles. The van der Waals surface area contributed by atoms with Crippen LogP contribution in [0, 0.1) is 11.3 Å². The number of nitrogens with zero attached hydrogens (tertiary/aromatic N) is 7. The number of likely N-dealkylation sites (tertiary alicyclic amines) is 2. The van der Waals surface area contributed by atoms with Gasteiger partial charge in [-0.15, -0.1) is 0 Å². The molecular weight excluding hydrogens is 473 g/mol. The van der Waals surface area contributed by atoms with E-state index in [9.17, 15) is 18.0 Å². The van der Waals surface area contributed by atoms with E-state index in [2.05, 4.69) is 25.1 Å². The Morgan fingerprint density at radius 3 is 2.33 bits per heavy atom. The first kappa shape index (κ1) is 22.3. The molecule has 36 heavy (non-hydrogen) atoms. The lowest BCUT2D eigenvalue weighted by Gasteiger charge is -2.59. The molecule has 3 saturated heterocycles. The molecule has 2 aromatic rings. The number of alkyl halides is 3. The van der Waals surface area contributed by atoms with E-state index in [4.69, 9.17) is 0 Å². The number of rotatable bonds is 4. The zero-order valence-corrected chi connectivity index (χ0v) is 19.9. The Morgan fingerprint density at radius 1 is 0.972 bits per heavy atom. The van der Waals surface area contributed by atoms with Crippen LogP contribution in [0.3, 0.4) is 0 Å². The number of H-pyrrole nitrogens is 1. The van der Waals surface area contributed by atoms with Gasteiger partial charge in [-0.25, -0.2) is 19.7 Å². The van der Waals surface area contributed by atoms with Gasteiger partial charge in [-0.3, -0.25) is 5.10 Å². The number of hydrogen-bond acceptors (Lipinski definition) is 6. The van der Waals surface area contributed by atoms with Crippen LogP contribution in [0.2, 0.25) is 0 Å². The van der Waals surface area contributed by atoms with Crippen molar-refractivity contribution in [3.05, 3.63) is 29.6 Å². The molecule has 3 aliphatic heterocycles. The molecule has 192 valence electrons. The van der Waals surface area contributed by atoms with Crippen LogP contribution in [-0.2, 0) is 0 Å². The van der Waals surface area contributed by atoms with E-state index in [0.717, 1.165) is 43.1 Å². The third-order valence-electron chi connectivity index (χ3n) is 8.75. The number of urea groups is 1. The standard InChI is InChI=1S/C24H29F3N8O/c25-24(26,27)18-3-4-33(11-18)21-28-7-16(8-29-21)17-9-34(10-17)22(36)35-12-23(13-35)5-15(6-23)20-30-19(31-32-20)14-1-2-14/h7-8,14-15,17-18H,1-6,9-13H2,(H,30,31,32)/t18-/m1/s1. The molecule has 5 aliphatic rings. The van der Waals surface area contributed by atoms with Gasteiger partial charge in [0.15, 0.2) is 5.82 Å². The van der Waals surface area contributed by atoms with E-state index in [1.807, 2.05) is 9.80 Å². The van der Waals surface area contributed by atoms with Crippen LogP contribution >= 0.6 is 0 Å². The van der Waals surface area contributed by atoms with E-state index >= 15 is 0 Å². The molecule has 2 amide bonds. The first-order valence-electron chi connectivity index (χ1n) is 12.9. The maximum absolute atomic E-state index is 12.9. The van der Waals surface area contributed by atoms with Gasteiger partial charge in [0.05, 0.1) is 5.92 Å². The van der Waals surface area contributed by atoms with Gasteiger partial charge in [0.2, 0.25) is 5.95 Å². The van der Waals surface area contributed by atoms with E-state index in [1.165, 1.54) is 12.8 Å². The second-order valence-electron chi connectivity index (χ2n) is 11.5. The minimum absolute atomic E-state index is 0.0774. The number of hydrogen-bond donors (Lipinski definition) is 1. The summed E-state index contributed by atoms with van der Waals surface area (Å²) in [5, 5.41) is 7.52. The molecule has 0 unspecified atom stereocenters. The largest absolute Gasteiger partial charge is 0.393 e. The van der Waals surface area contributed by atoms with Crippen LogP contribution in [0.25, 0.3) is 0 Å². The van der Waals surface area contributed by atoms with Gasteiger partial charge in [-0.1, -0.05) is 0 Å². The Bertz CT molecular complexity index is 1140. The highest BCUT2D eigenvalue weighted by Gasteiger charge is 2.56. The lowest BCUT2D eigenvalue weighted by Crippen LogP contribution is -2.67. The maximum Gasteiger partial charge on any atom is 0.393 e. The Kier molecular flexibility index (Phi) is 4.82. The molecule has 0 aromatic carbocycles. The lowest BCUT2D eigenvalue weighted by molar-refractivity contribution is -0.168. The smallest absolute Gasteiger partial charge is 0.340 e. The SMILES string of the molecule is O=C(N1CC(c2cnc(N3CC[C@@H](C(F)(F)F)C3)nc2)C1)N1CC2(CC(c3n[nH]c(C4CC4)n3)C2)C1. The average molecular weight is 503 g/mol. The third kappa shape index (κ3) is 3.80. The van der Waals surface area contributed by atoms with Crippen LogP contribution in [0.4, 0.5) is 23.9 Å². The minimum atomic E-state index is -4.18. The summed E-state index contributed by atoms with van der Waals surface area (Å²) in [6.07, 6.45) is 3.80. The number of anilines is 1. The van der Waals surface area contributed by atoms with Crippen LogP contribution in [-0.4, -0.2) is 86.4 Å². The Labute approximate surface area is 206 Å². The van der Waals surface area contributed by atoms with E-state index in [1.54, 1.807) is 17.3 Å². The number of nitrogens with one attached hydrogen (secondary N) is 1. The molecule has 0 radical (unpaired) electrons. The van der Waals surface area contributed by atoms with E-state index in [0.29, 0.717) is 37.4 Å². The van der Waals surface area contributed by atoms with Crippen molar-refractivity contribution in [3.8, 4) is 0 Å². The van der Waals surface area contributed by atoms with Crippen molar-refractivity contribution in [2.75, 3.05) is 44.2 Å². The molecule has 0 bridgehead atoms. The quantitative estimate of drug-likeness (QED) is 0.690. The normalized spacial score (nSPS) is 26.2. The van der Waals surface area contributed by atoms with Crippen molar-refractivity contribution in [3.63, 3.8) is 0 Å². The van der Waals surface area contributed by atoms with Crippen LogP contribution in [0.1, 0.15) is 67.1 Å². The summed E-state index contributed by atoms with van der Waals surface area (Å²) < 4.78 is 38.8. The molecule has 1 atom stereocenters. The number of amides is 2. The molecule has 12 heteroatoms. The summed E-state index contributed by atoms with van der Waals surface area (Å²) in [7, 11) is 0. The molecule has 9 nitrogen and oxygen atoms in total. The van der Waals surface area contributed by atoms with Crippen LogP contribution < -0.4 is 4.90 Å². The number of carbonyl (C=O) groups excluding carboxylic acids is 1. The second kappa shape index (κ2) is 7.79. The van der Waals surface area contributed by atoms with Gasteiger partial charge in [-0.05, 0) is 37.7 Å². The van der Waals surface area contributed by atoms with Crippen molar-refractivity contribution >= 4 is 12.0 Å². The molecule has 7 rings (SSSR count).